The van der Waals surface area contributed by atoms with Crippen LogP contribution in [-0.4, -0.2) is 30.1 Å². The van der Waals surface area contributed by atoms with E-state index in [0.717, 1.165) is 18.4 Å². The fourth-order valence-electron chi connectivity index (χ4n) is 2.76. The topological polar surface area (TPSA) is 29.3 Å². The van der Waals surface area contributed by atoms with Crippen LogP contribution < -0.4 is 5.73 Å². The molecule has 2 nitrogen and oxygen atoms in total. The van der Waals surface area contributed by atoms with Gasteiger partial charge in [-0.2, -0.15) is 0 Å². The first kappa shape index (κ1) is 9.05. The van der Waals surface area contributed by atoms with Gasteiger partial charge in [-0.05, 0) is 31.6 Å². The van der Waals surface area contributed by atoms with Gasteiger partial charge in [0.15, 0.2) is 0 Å². The molecule has 72 valence electrons. The van der Waals surface area contributed by atoms with Crippen molar-refractivity contribution in [1.29, 1.82) is 0 Å². The van der Waals surface area contributed by atoms with E-state index in [-0.39, 0.29) is 6.04 Å². The van der Waals surface area contributed by atoms with Gasteiger partial charge in [-0.15, -0.1) is 6.42 Å². The van der Waals surface area contributed by atoms with Gasteiger partial charge < -0.3 is 5.73 Å². The molecule has 2 fully saturated rings. The minimum absolute atomic E-state index is 0.290. The van der Waals surface area contributed by atoms with E-state index in [1.54, 1.807) is 0 Å². The van der Waals surface area contributed by atoms with Gasteiger partial charge in [0.2, 0.25) is 0 Å². The molecule has 1 aliphatic carbocycles. The Kier molecular flexibility index (Phi) is 2.31. The van der Waals surface area contributed by atoms with Crippen LogP contribution in [0.3, 0.4) is 0 Å². The summed E-state index contributed by atoms with van der Waals surface area (Å²) in [6.07, 6.45) is 7.94. The highest BCUT2D eigenvalue weighted by atomic mass is 15.2. The molecule has 4 unspecified atom stereocenters. The number of fused-ring (bicyclic) bond motifs is 1. The van der Waals surface area contributed by atoms with E-state index in [1.165, 1.54) is 19.4 Å². The Morgan fingerprint density at radius 2 is 2.23 bits per heavy atom. The van der Waals surface area contributed by atoms with Crippen LogP contribution in [0.1, 0.15) is 19.8 Å². The summed E-state index contributed by atoms with van der Waals surface area (Å²) in [6, 6.07) is 0.720. The number of rotatable bonds is 1. The maximum atomic E-state index is 6.05. The fraction of sp³-hybridized carbons (Fsp3) is 0.818. The van der Waals surface area contributed by atoms with E-state index < -0.39 is 0 Å². The number of nitrogens with two attached hydrogens (primary N) is 1. The summed E-state index contributed by atoms with van der Waals surface area (Å²) in [5.41, 5.74) is 6.05. The molecule has 1 aliphatic heterocycles. The molecule has 2 aliphatic rings. The molecule has 13 heavy (non-hydrogen) atoms. The van der Waals surface area contributed by atoms with Crippen molar-refractivity contribution in [1.82, 2.24) is 4.90 Å². The first-order valence-corrected chi connectivity index (χ1v) is 5.18. The summed E-state index contributed by atoms with van der Waals surface area (Å²) in [5, 5.41) is 0. The van der Waals surface area contributed by atoms with Crippen LogP contribution in [-0.2, 0) is 0 Å². The number of terminal acetylenes is 1. The Balaban J connectivity index is 1.99. The van der Waals surface area contributed by atoms with Crippen molar-refractivity contribution in [3.63, 3.8) is 0 Å². The van der Waals surface area contributed by atoms with E-state index in [4.69, 9.17) is 12.2 Å². The molecule has 0 bridgehead atoms. The molecule has 0 spiro atoms. The quantitative estimate of drug-likeness (QED) is 0.598. The SMILES string of the molecule is C#CC(C)N1CC2CCC(N)C2C1. The van der Waals surface area contributed by atoms with Gasteiger partial charge in [0.25, 0.3) is 0 Å². The van der Waals surface area contributed by atoms with E-state index in [2.05, 4.69) is 17.7 Å². The number of hydrogen-bond acceptors (Lipinski definition) is 2. The lowest BCUT2D eigenvalue weighted by atomic mass is 9.98. The second-order valence-electron chi connectivity index (χ2n) is 4.46. The van der Waals surface area contributed by atoms with Gasteiger partial charge in [-0.3, -0.25) is 4.90 Å². The third-order valence-electron chi connectivity index (χ3n) is 3.73. The average Bonchev–Trinajstić information content (AvgIpc) is 2.67. The minimum atomic E-state index is 0.290. The largest absolute Gasteiger partial charge is 0.327 e. The van der Waals surface area contributed by atoms with E-state index >= 15 is 0 Å². The maximum absolute atomic E-state index is 6.05. The molecule has 0 radical (unpaired) electrons. The molecule has 0 aromatic heterocycles. The predicted molar refractivity (Wildman–Crippen MR) is 54.1 cm³/mol. The molecular weight excluding hydrogens is 160 g/mol. The Morgan fingerprint density at radius 3 is 2.85 bits per heavy atom. The molecular formula is C11H18N2. The highest BCUT2D eigenvalue weighted by Gasteiger charge is 2.41. The van der Waals surface area contributed by atoms with Gasteiger partial charge in [0, 0.05) is 19.1 Å². The summed E-state index contributed by atoms with van der Waals surface area (Å²) in [6.45, 7) is 4.40. The third-order valence-corrected chi connectivity index (χ3v) is 3.73. The summed E-state index contributed by atoms with van der Waals surface area (Å²) in [5.74, 6) is 4.34. The number of nitrogens with zero attached hydrogens (tertiary/aromatic N) is 1. The molecule has 1 saturated carbocycles. The lowest BCUT2D eigenvalue weighted by Gasteiger charge is -2.21. The van der Waals surface area contributed by atoms with Gasteiger partial charge in [-0.25, -0.2) is 0 Å². The number of likely N-dealkylation sites (tertiary alicyclic amines) is 1. The third kappa shape index (κ3) is 1.47. The smallest absolute Gasteiger partial charge is 0.0683 e. The molecule has 2 N–H and O–H groups in total. The zero-order valence-corrected chi connectivity index (χ0v) is 8.24. The van der Waals surface area contributed by atoms with Gasteiger partial charge >= 0.3 is 0 Å². The van der Waals surface area contributed by atoms with Crippen LogP contribution in [0.2, 0.25) is 0 Å². The van der Waals surface area contributed by atoms with Crippen molar-refractivity contribution in [2.75, 3.05) is 13.1 Å². The van der Waals surface area contributed by atoms with Gasteiger partial charge in [-0.1, -0.05) is 5.92 Å². The van der Waals surface area contributed by atoms with Crippen LogP contribution in [0.25, 0.3) is 0 Å². The predicted octanol–water partition coefficient (Wildman–Crippen LogP) is 0.677. The molecule has 0 aromatic rings. The molecule has 2 rings (SSSR count). The minimum Gasteiger partial charge on any atom is -0.327 e. The molecule has 2 heteroatoms. The summed E-state index contributed by atoms with van der Waals surface area (Å²) < 4.78 is 0. The highest BCUT2D eigenvalue weighted by Crippen LogP contribution is 2.37. The van der Waals surface area contributed by atoms with Gasteiger partial charge in [0.1, 0.15) is 0 Å². The van der Waals surface area contributed by atoms with Crippen LogP contribution in [0.5, 0.6) is 0 Å². The van der Waals surface area contributed by atoms with Crippen LogP contribution in [0, 0.1) is 24.2 Å². The Labute approximate surface area is 80.5 Å². The van der Waals surface area contributed by atoms with Crippen molar-refractivity contribution in [3.8, 4) is 12.3 Å². The van der Waals surface area contributed by atoms with Crippen LogP contribution >= 0.6 is 0 Å². The second-order valence-corrected chi connectivity index (χ2v) is 4.46. The molecule has 1 saturated heterocycles. The van der Waals surface area contributed by atoms with Crippen molar-refractivity contribution in [2.24, 2.45) is 17.6 Å². The normalized spacial score (nSPS) is 41.5. The lowest BCUT2D eigenvalue weighted by Crippen LogP contribution is -2.34. The standard InChI is InChI=1S/C11H18N2/c1-3-8(2)13-6-9-4-5-11(12)10(9)7-13/h1,8-11H,4-7,12H2,2H3. The van der Waals surface area contributed by atoms with Gasteiger partial charge in [0.05, 0.1) is 6.04 Å². The zero-order chi connectivity index (χ0) is 9.42. The summed E-state index contributed by atoms with van der Waals surface area (Å²) in [4.78, 5) is 2.40. The fourth-order valence-corrected chi connectivity index (χ4v) is 2.76. The average molecular weight is 178 g/mol. The van der Waals surface area contributed by atoms with Crippen LogP contribution in [0.4, 0.5) is 0 Å². The van der Waals surface area contributed by atoms with E-state index in [0.29, 0.717) is 6.04 Å². The summed E-state index contributed by atoms with van der Waals surface area (Å²) in [7, 11) is 0. The molecule has 0 amide bonds. The van der Waals surface area contributed by atoms with Crippen molar-refractivity contribution < 1.29 is 0 Å². The van der Waals surface area contributed by atoms with Crippen molar-refractivity contribution >= 4 is 0 Å². The maximum Gasteiger partial charge on any atom is 0.0683 e. The Bertz CT molecular complexity index is 231. The molecule has 1 heterocycles. The lowest BCUT2D eigenvalue weighted by molar-refractivity contribution is 0.278. The van der Waals surface area contributed by atoms with E-state index in [1.807, 2.05) is 0 Å². The summed E-state index contributed by atoms with van der Waals surface area (Å²) >= 11 is 0. The Hall–Kier alpha value is -0.520. The van der Waals surface area contributed by atoms with E-state index in [9.17, 15) is 0 Å². The van der Waals surface area contributed by atoms with Crippen molar-refractivity contribution in [2.45, 2.75) is 31.8 Å². The number of hydrogen-bond donors (Lipinski definition) is 1. The first-order chi connectivity index (χ1) is 6.22. The molecule has 0 aromatic carbocycles. The monoisotopic (exact) mass is 178 g/mol. The Morgan fingerprint density at radius 1 is 1.46 bits per heavy atom. The van der Waals surface area contributed by atoms with Crippen LogP contribution in [0.15, 0.2) is 0 Å². The highest BCUT2D eigenvalue weighted by molar-refractivity contribution is 5.03. The van der Waals surface area contributed by atoms with Crippen molar-refractivity contribution in [3.05, 3.63) is 0 Å². The first-order valence-electron chi connectivity index (χ1n) is 5.18. The second kappa shape index (κ2) is 3.32. The molecule has 4 atom stereocenters. The zero-order valence-electron chi connectivity index (χ0n) is 8.24.